The van der Waals surface area contributed by atoms with E-state index in [9.17, 15) is 61.0 Å². The number of allylic oxidation sites excluding steroid dienone is 1. The molecule has 0 radical (unpaired) electrons. The molecule has 77 heavy (non-hydrogen) atoms. The molecule has 3 heterocycles. The number of aliphatic hydroxyl groups excluding tert-OH is 11. The van der Waals surface area contributed by atoms with Crippen molar-refractivity contribution in [2.45, 2.75) is 324 Å². The standard InChI is InChI=1S/C58H109NO18/c1-3-5-7-9-11-13-15-17-18-19-20-21-22-24-26-28-30-32-34-36-46(64)59-41(42(63)35-33-31-29-27-25-23-16-14-12-10-8-6-4-2)40-72-56-52(70)50(68)54(45(39-62)75-56)76-58-53(71)55(48(66)44(38-61)74-58)77-57-51(69)49(67)47(65)43(37-60)73-57/h33,35,41-45,47-58,60-63,65-71H,3-32,34,36-40H2,1-2H3,(H,59,64)/b35-33+/t41-,42+,43?,44?,45?,47-,48-,49-,50+,51?,52?,53?,54+,55-,56+,57+,58-/m0/s1. The fourth-order valence-electron chi connectivity index (χ4n) is 10.5. The van der Waals surface area contributed by atoms with E-state index in [1.165, 1.54) is 148 Å². The molecule has 0 bridgehead atoms. The molecule has 0 aromatic rings. The molecule has 3 aliphatic rings. The molecule has 3 aliphatic heterocycles. The molecule has 0 aromatic heterocycles. The molecule has 3 rings (SSSR count). The van der Waals surface area contributed by atoms with E-state index >= 15 is 0 Å². The Kier molecular flexibility index (Phi) is 38.4. The first kappa shape index (κ1) is 69.8. The molecule has 454 valence electrons. The average molecular weight is 1110 g/mol. The van der Waals surface area contributed by atoms with Crippen LogP contribution in [0.1, 0.15) is 219 Å². The van der Waals surface area contributed by atoms with Gasteiger partial charge in [0.1, 0.15) is 73.2 Å². The second-order valence-corrected chi connectivity index (χ2v) is 22.2. The second kappa shape index (κ2) is 42.4. The summed E-state index contributed by atoms with van der Waals surface area (Å²) in [7, 11) is 0. The maximum absolute atomic E-state index is 13.3. The Morgan fingerprint density at radius 2 is 0.844 bits per heavy atom. The van der Waals surface area contributed by atoms with Gasteiger partial charge in [-0.1, -0.05) is 206 Å². The van der Waals surface area contributed by atoms with Crippen molar-refractivity contribution in [1.29, 1.82) is 0 Å². The van der Waals surface area contributed by atoms with E-state index in [4.69, 9.17) is 28.4 Å². The van der Waals surface area contributed by atoms with E-state index in [0.717, 1.165) is 44.9 Å². The lowest BCUT2D eigenvalue weighted by atomic mass is 9.96. The number of carbonyl (C=O) groups excluding carboxylic acids is 1. The van der Waals surface area contributed by atoms with Gasteiger partial charge in [0, 0.05) is 6.42 Å². The third-order valence-electron chi connectivity index (χ3n) is 15.6. The highest BCUT2D eigenvalue weighted by Crippen LogP contribution is 2.33. The third-order valence-corrected chi connectivity index (χ3v) is 15.6. The van der Waals surface area contributed by atoms with Gasteiger partial charge in [0.15, 0.2) is 18.9 Å². The highest BCUT2D eigenvalue weighted by molar-refractivity contribution is 5.76. The van der Waals surface area contributed by atoms with E-state index in [1.807, 2.05) is 6.08 Å². The van der Waals surface area contributed by atoms with Crippen LogP contribution in [-0.2, 0) is 33.2 Å². The number of amides is 1. The van der Waals surface area contributed by atoms with Crippen molar-refractivity contribution >= 4 is 5.91 Å². The first-order chi connectivity index (χ1) is 37.3. The van der Waals surface area contributed by atoms with Gasteiger partial charge >= 0.3 is 0 Å². The topological polar surface area (TPSA) is 307 Å². The molecule has 3 saturated heterocycles. The number of carbonyl (C=O) groups is 1. The van der Waals surface area contributed by atoms with Crippen molar-refractivity contribution in [1.82, 2.24) is 5.32 Å². The molecular formula is C58H109NO18. The van der Waals surface area contributed by atoms with Crippen LogP contribution in [0.4, 0.5) is 0 Å². The van der Waals surface area contributed by atoms with Crippen LogP contribution in [0.2, 0.25) is 0 Å². The highest BCUT2D eigenvalue weighted by atomic mass is 16.8. The van der Waals surface area contributed by atoms with E-state index in [2.05, 4.69) is 19.2 Å². The summed E-state index contributed by atoms with van der Waals surface area (Å²) in [5.74, 6) is -0.276. The minimum atomic E-state index is -1.97. The molecule has 6 unspecified atom stereocenters. The Hall–Kier alpha value is -1.47. The SMILES string of the molecule is CCCCCCCCCCCCC/C=C/[C@@H](O)[C@H](CO[C@@H]1OC(CO)[C@@H](O[C@@H]2OC(CO)[C@H](O)[C@H](O[C@H]3OC(CO)[C@H](O)[C@H](O)C3O)C2O)[C@H](O)C1O)NC(=O)CCCCCCCCCCCCCCCCCCCCC. The predicted octanol–water partition coefficient (Wildman–Crippen LogP) is 5.38. The smallest absolute Gasteiger partial charge is 0.220 e. The van der Waals surface area contributed by atoms with E-state index in [0.29, 0.717) is 6.42 Å². The summed E-state index contributed by atoms with van der Waals surface area (Å²) in [6, 6.07) is -0.973. The molecular weight excluding hydrogens is 999 g/mol. The Labute approximate surface area is 461 Å². The zero-order valence-corrected chi connectivity index (χ0v) is 47.2. The van der Waals surface area contributed by atoms with Crippen molar-refractivity contribution in [3.05, 3.63) is 12.2 Å². The molecule has 19 nitrogen and oxygen atoms in total. The molecule has 0 aromatic carbocycles. The minimum absolute atomic E-state index is 0.245. The summed E-state index contributed by atoms with van der Waals surface area (Å²) >= 11 is 0. The zero-order valence-electron chi connectivity index (χ0n) is 47.2. The van der Waals surface area contributed by atoms with Crippen molar-refractivity contribution in [2.75, 3.05) is 26.4 Å². The minimum Gasteiger partial charge on any atom is -0.394 e. The molecule has 0 spiro atoms. The van der Waals surface area contributed by atoms with Gasteiger partial charge in [-0.15, -0.1) is 0 Å². The fraction of sp³-hybridized carbons (Fsp3) is 0.948. The summed E-state index contributed by atoms with van der Waals surface area (Å²) in [4.78, 5) is 13.3. The van der Waals surface area contributed by atoms with Gasteiger partial charge < -0.3 is 89.9 Å². The molecule has 0 saturated carbocycles. The number of aliphatic hydroxyl groups is 11. The number of ether oxygens (including phenoxy) is 6. The van der Waals surface area contributed by atoms with E-state index in [-0.39, 0.29) is 18.9 Å². The van der Waals surface area contributed by atoms with Gasteiger partial charge in [-0.3, -0.25) is 4.79 Å². The fourth-order valence-corrected chi connectivity index (χ4v) is 10.5. The largest absolute Gasteiger partial charge is 0.394 e. The highest BCUT2D eigenvalue weighted by Gasteiger charge is 2.54. The molecule has 12 N–H and O–H groups in total. The van der Waals surface area contributed by atoms with Crippen LogP contribution >= 0.6 is 0 Å². The van der Waals surface area contributed by atoms with Gasteiger partial charge in [-0.05, 0) is 19.3 Å². The number of hydrogen-bond donors (Lipinski definition) is 12. The molecule has 17 atom stereocenters. The third kappa shape index (κ3) is 26.5. The summed E-state index contributed by atoms with van der Waals surface area (Å²) in [6.45, 7) is 1.70. The lowest BCUT2D eigenvalue weighted by Gasteiger charge is -2.48. The summed E-state index contributed by atoms with van der Waals surface area (Å²) in [5.41, 5.74) is 0. The number of rotatable bonds is 45. The Bertz CT molecular complexity index is 1470. The van der Waals surface area contributed by atoms with Crippen molar-refractivity contribution in [3.8, 4) is 0 Å². The number of nitrogens with one attached hydrogen (secondary N) is 1. The molecule has 1 amide bonds. The quantitative estimate of drug-likeness (QED) is 0.0269. The number of hydrogen-bond acceptors (Lipinski definition) is 18. The van der Waals surface area contributed by atoms with Crippen molar-refractivity contribution in [2.24, 2.45) is 0 Å². The summed E-state index contributed by atoms with van der Waals surface area (Å²) in [6.07, 6.45) is 14.4. The van der Waals surface area contributed by atoms with Crippen LogP contribution in [-0.4, -0.2) is 193 Å². The lowest BCUT2D eigenvalue weighted by molar-refractivity contribution is -0.380. The summed E-state index contributed by atoms with van der Waals surface area (Å²) in [5, 5.41) is 120. The van der Waals surface area contributed by atoms with Gasteiger partial charge in [0.25, 0.3) is 0 Å². The van der Waals surface area contributed by atoms with E-state index in [1.54, 1.807) is 6.08 Å². The second-order valence-electron chi connectivity index (χ2n) is 22.2. The maximum atomic E-state index is 13.3. The van der Waals surface area contributed by atoms with Crippen LogP contribution in [0, 0.1) is 0 Å². The Morgan fingerprint density at radius 3 is 1.31 bits per heavy atom. The Morgan fingerprint density at radius 1 is 0.455 bits per heavy atom. The lowest BCUT2D eigenvalue weighted by Crippen LogP contribution is -2.67. The molecule has 0 aliphatic carbocycles. The maximum Gasteiger partial charge on any atom is 0.220 e. The van der Waals surface area contributed by atoms with Crippen LogP contribution in [0.15, 0.2) is 12.2 Å². The van der Waals surface area contributed by atoms with Crippen LogP contribution in [0.25, 0.3) is 0 Å². The van der Waals surface area contributed by atoms with Crippen molar-refractivity contribution < 1.29 is 89.4 Å². The van der Waals surface area contributed by atoms with Crippen LogP contribution in [0.3, 0.4) is 0 Å². The van der Waals surface area contributed by atoms with Gasteiger partial charge in [-0.2, -0.15) is 0 Å². The Balaban J connectivity index is 1.51. The average Bonchev–Trinajstić information content (AvgIpc) is 3.43. The van der Waals surface area contributed by atoms with Gasteiger partial charge in [-0.25, -0.2) is 0 Å². The molecule has 3 fully saturated rings. The molecule has 19 heteroatoms. The first-order valence-corrected chi connectivity index (χ1v) is 30.4. The van der Waals surface area contributed by atoms with Crippen LogP contribution < -0.4 is 5.32 Å². The monoisotopic (exact) mass is 1110 g/mol. The normalized spacial score (nSPS) is 30.7. The first-order valence-electron chi connectivity index (χ1n) is 30.4. The van der Waals surface area contributed by atoms with Crippen molar-refractivity contribution in [3.63, 3.8) is 0 Å². The number of unbranched alkanes of at least 4 members (excludes halogenated alkanes) is 29. The zero-order chi connectivity index (χ0) is 56.2. The van der Waals surface area contributed by atoms with Gasteiger partial charge in [0.2, 0.25) is 5.91 Å². The summed E-state index contributed by atoms with van der Waals surface area (Å²) < 4.78 is 34.3. The van der Waals surface area contributed by atoms with Crippen LogP contribution in [0.5, 0.6) is 0 Å². The van der Waals surface area contributed by atoms with Gasteiger partial charge in [0.05, 0.1) is 38.6 Å². The van der Waals surface area contributed by atoms with E-state index < -0.39 is 124 Å². The predicted molar refractivity (Wildman–Crippen MR) is 291 cm³/mol.